The number of carbonyl (C=O) groups is 4. The number of rotatable bonds is 7. The fraction of sp³-hybridized carbons (Fsp3) is 0.267. The van der Waals surface area contributed by atoms with Gasteiger partial charge < -0.3 is 19.1 Å². The molecule has 0 bridgehead atoms. The zero-order valence-electron chi connectivity index (χ0n) is 22.7. The van der Waals surface area contributed by atoms with Crippen molar-refractivity contribution in [1.29, 1.82) is 0 Å². The van der Waals surface area contributed by atoms with Crippen LogP contribution in [0.25, 0.3) is 0 Å². The Hall–Kier alpha value is -4.57. The van der Waals surface area contributed by atoms with E-state index in [2.05, 4.69) is 5.32 Å². The number of carbonyl (C=O) groups excluding carboxylic acids is 4. The molecule has 10 nitrogen and oxygen atoms in total. The van der Waals surface area contributed by atoms with Crippen molar-refractivity contribution in [3.63, 3.8) is 0 Å². The second-order valence-corrected chi connectivity index (χ2v) is 10.3. The lowest BCUT2D eigenvalue weighted by Crippen LogP contribution is -2.52. The van der Waals surface area contributed by atoms with Gasteiger partial charge in [-0.05, 0) is 74.4 Å². The van der Waals surface area contributed by atoms with E-state index in [1.807, 2.05) is 13.8 Å². The molecule has 0 aromatic heterocycles. The van der Waals surface area contributed by atoms with Crippen molar-refractivity contribution in [3.05, 3.63) is 76.8 Å². The number of hydrogen-bond donors (Lipinski definition) is 1. The third-order valence-corrected chi connectivity index (χ3v) is 6.94. The van der Waals surface area contributed by atoms with Crippen LogP contribution in [0, 0.1) is 0 Å². The van der Waals surface area contributed by atoms with Gasteiger partial charge in [-0.15, -0.1) is 0 Å². The van der Waals surface area contributed by atoms with Gasteiger partial charge in [0.2, 0.25) is 11.8 Å². The number of halogens is 1. The molecule has 3 aromatic carbocycles. The Morgan fingerprint density at radius 2 is 1.80 bits per heavy atom. The van der Waals surface area contributed by atoms with E-state index in [9.17, 15) is 19.2 Å². The number of piperidine rings is 1. The van der Waals surface area contributed by atoms with Gasteiger partial charge in [-0.2, -0.15) is 0 Å². The van der Waals surface area contributed by atoms with E-state index in [4.69, 9.17) is 25.8 Å². The van der Waals surface area contributed by atoms with Crippen LogP contribution in [-0.2, 0) is 20.9 Å². The number of benzene rings is 3. The molecule has 1 N–H and O–H groups in total. The van der Waals surface area contributed by atoms with E-state index >= 15 is 0 Å². The molecule has 0 saturated carbocycles. The number of methoxy groups -OCH3 is 1. The zero-order valence-corrected chi connectivity index (χ0v) is 23.4. The van der Waals surface area contributed by atoms with Gasteiger partial charge in [0.05, 0.1) is 30.2 Å². The Bertz CT molecular complexity index is 1520. The Morgan fingerprint density at radius 1 is 1.05 bits per heavy atom. The van der Waals surface area contributed by atoms with Crippen LogP contribution in [0.5, 0.6) is 17.2 Å². The van der Waals surface area contributed by atoms with Gasteiger partial charge in [-0.3, -0.25) is 19.7 Å². The molecule has 0 spiro atoms. The third kappa shape index (κ3) is 5.69. The van der Waals surface area contributed by atoms with Crippen LogP contribution in [0.4, 0.5) is 16.2 Å². The van der Waals surface area contributed by atoms with Crippen molar-refractivity contribution in [3.8, 4) is 17.2 Å². The molecular weight excluding hydrogens is 550 g/mol. The van der Waals surface area contributed by atoms with Crippen LogP contribution < -0.4 is 19.7 Å². The first kappa shape index (κ1) is 28.0. The summed E-state index contributed by atoms with van der Waals surface area (Å²) in [5.41, 5.74) is 1.65. The van der Waals surface area contributed by atoms with Crippen LogP contribution in [0.3, 0.4) is 0 Å². The maximum absolute atomic E-state index is 13.7. The van der Waals surface area contributed by atoms with Crippen molar-refractivity contribution in [2.45, 2.75) is 45.4 Å². The summed E-state index contributed by atoms with van der Waals surface area (Å²) in [7, 11) is 1.26. The predicted molar refractivity (Wildman–Crippen MR) is 151 cm³/mol. The standard InChI is InChI=1S/C30H28ClN3O7/c1-17(2)40-27-23(12-7-18-16-33(29(37)26(18)27)24-13-14-25(35)32-28(24)36)34(30(38)39-3)20-8-10-21(11-9-20)41-22-6-4-5-19(31)15-22/h4-12,15,17,24H,13-14,16H2,1-3H3,(H,32,35,36). The summed E-state index contributed by atoms with van der Waals surface area (Å²) >= 11 is 6.05. The number of fused-ring (bicyclic) bond motifs is 1. The van der Waals surface area contributed by atoms with Gasteiger partial charge in [0.15, 0.2) is 5.75 Å². The fourth-order valence-corrected chi connectivity index (χ4v) is 5.08. The van der Waals surface area contributed by atoms with E-state index in [0.717, 1.165) is 0 Å². The van der Waals surface area contributed by atoms with E-state index < -0.39 is 23.9 Å². The number of amides is 4. The number of nitrogens with zero attached hydrogens (tertiary/aromatic N) is 2. The minimum Gasteiger partial charge on any atom is -0.488 e. The summed E-state index contributed by atoms with van der Waals surface area (Å²) in [6, 6.07) is 16.4. The summed E-state index contributed by atoms with van der Waals surface area (Å²) in [6.45, 7) is 3.79. The van der Waals surface area contributed by atoms with Crippen LogP contribution in [-0.4, -0.2) is 48.0 Å². The summed E-state index contributed by atoms with van der Waals surface area (Å²) in [5.74, 6) is -0.0163. The second kappa shape index (κ2) is 11.5. The quantitative estimate of drug-likeness (QED) is 0.364. The van der Waals surface area contributed by atoms with Gasteiger partial charge in [-0.1, -0.05) is 23.7 Å². The maximum Gasteiger partial charge on any atom is 0.418 e. The smallest absolute Gasteiger partial charge is 0.418 e. The normalized spacial score (nSPS) is 16.4. The molecule has 212 valence electrons. The molecule has 3 aromatic rings. The first-order valence-electron chi connectivity index (χ1n) is 13.0. The molecule has 11 heteroatoms. The summed E-state index contributed by atoms with van der Waals surface area (Å²) in [4.78, 5) is 53.9. The van der Waals surface area contributed by atoms with Crippen LogP contribution in [0.2, 0.25) is 5.02 Å². The Kier molecular flexibility index (Phi) is 7.85. The van der Waals surface area contributed by atoms with Gasteiger partial charge in [0.1, 0.15) is 17.5 Å². The van der Waals surface area contributed by atoms with Gasteiger partial charge in [-0.25, -0.2) is 9.69 Å². The lowest BCUT2D eigenvalue weighted by Gasteiger charge is -2.29. The molecule has 0 radical (unpaired) electrons. The van der Waals surface area contributed by atoms with E-state index in [1.54, 1.807) is 60.7 Å². The Morgan fingerprint density at radius 3 is 2.46 bits per heavy atom. The van der Waals surface area contributed by atoms with Gasteiger partial charge >= 0.3 is 6.09 Å². The molecule has 1 saturated heterocycles. The number of anilines is 2. The molecule has 0 aliphatic carbocycles. The molecule has 1 unspecified atom stereocenters. The first-order valence-corrected chi connectivity index (χ1v) is 13.4. The highest BCUT2D eigenvalue weighted by atomic mass is 35.5. The highest BCUT2D eigenvalue weighted by Gasteiger charge is 2.42. The van der Waals surface area contributed by atoms with Gasteiger partial charge in [0, 0.05) is 18.0 Å². The van der Waals surface area contributed by atoms with Crippen molar-refractivity contribution in [2.75, 3.05) is 12.0 Å². The molecular formula is C30H28ClN3O7. The molecule has 1 atom stereocenters. The second-order valence-electron chi connectivity index (χ2n) is 9.87. The van der Waals surface area contributed by atoms with Crippen LogP contribution >= 0.6 is 11.6 Å². The zero-order chi connectivity index (χ0) is 29.3. The molecule has 5 rings (SSSR count). The minimum atomic E-state index is -0.785. The fourth-order valence-electron chi connectivity index (χ4n) is 4.90. The third-order valence-electron chi connectivity index (χ3n) is 6.70. The highest BCUT2D eigenvalue weighted by molar-refractivity contribution is 6.30. The summed E-state index contributed by atoms with van der Waals surface area (Å²) in [5, 5.41) is 2.85. The monoisotopic (exact) mass is 577 g/mol. The van der Waals surface area contributed by atoms with E-state index in [0.29, 0.717) is 33.5 Å². The summed E-state index contributed by atoms with van der Waals surface area (Å²) < 4.78 is 17.1. The molecule has 4 amide bonds. The SMILES string of the molecule is COC(=O)N(c1ccc(Oc2cccc(Cl)c2)cc1)c1ccc2c(c1OC(C)C)C(=O)N(C1CCC(=O)NC1=O)C2. The van der Waals surface area contributed by atoms with Crippen molar-refractivity contribution < 1.29 is 33.4 Å². The Balaban J connectivity index is 1.51. The van der Waals surface area contributed by atoms with Crippen molar-refractivity contribution in [1.82, 2.24) is 10.2 Å². The first-order chi connectivity index (χ1) is 19.7. The number of ether oxygens (including phenoxy) is 3. The van der Waals surface area contributed by atoms with Crippen molar-refractivity contribution in [2.24, 2.45) is 0 Å². The average molecular weight is 578 g/mol. The lowest BCUT2D eigenvalue weighted by molar-refractivity contribution is -0.136. The number of imide groups is 1. The molecule has 2 aliphatic rings. The Labute approximate surface area is 241 Å². The minimum absolute atomic E-state index is 0.143. The van der Waals surface area contributed by atoms with Crippen LogP contribution in [0.15, 0.2) is 60.7 Å². The van der Waals surface area contributed by atoms with E-state index in [-0.39, 0.29) is 42.7 Å². The number of nitrogens with one attached hydrogen (secondary N) is 1. The average Bonchev–Trinajstić information content (AvgIpc) is 3.26. The summed E-state index contributed by atoms with van der Waals surface area (Å²) in [6.07, 6.45) is -0.667. The van der Waals surface area contributed by atoms with E-state index in [1.165, 1.54) is 16.9 Å². The van der Waals surface area contributed by atoms with Crippen molar-refractivity contribution >= 4 is 46.8 Å². The lowest BCUT2D eigenvalue weighted by atomic mass is 10.0. The molecule has 41 heavy (non-hydrogen) atoms. The highest BCUT2D eigenvalue weighted by Crippen LogP contribution is 2.43. The molecule has 2 aliphatic heterocycles. The topological polar surface area (TPSA) is 114 Å². The van der Waals surface area contributed by atoms with Gasteiger partial charge in [0.25, 0.3) is 5.91 Å². The number of hydrogen-bond acceptors (Lipinski definition) is 7. The maximum atomic E-state index is 13.7. The van der Waals surface area contributed by atoms with Crippen LogP contribution in [0.1, 0.15) is 42.6 Å². The predicted octanol–water partition coefficient (Wildman–Crippen LogP) is 5.59. The molecule has 1 fully saturated rings. The largest absolute Gasteiger partial charge is 0.488 e. The molecule has 2 heterocycles.